The summed E-state index contributed by atoms with van der Waals surface area (Å²) in [5, 5.41) is 6.06. The van der Waals surface area contributed by atoms with Gasteiger partial charge in [0.2, 0.25) is 0 Å². The van der Waals surface area contributed by atoms with Gasteiger partial charge in [-0.05, 0) is 28.1 Å². The SMILES string of the molecule is COc1c(Br)cc(Br)cc1CNCCNC(=O)N(C)C. The second kappa shape index (κ2) is 8.49. The molecule has 0 bridgehead atoms. The molecule has 0 aliphatic rings. The van der Waals surface area contributed by atoms with E-state index in [2.05, 4.69) is 42.5 Å². The van der Waals surface area contributed by atoms with Gasteiger partial charge in [0.05, 0.1) is 11.6 Å². The second-order valence-electron chi connectivity index (χ2n) is 4.38. The molecule has 1 aromatic rings. The average Bonchev–Trinajstić information content (AvgIpc) is 2.37. The van der Waals surface area contributed by atoms with Crippen LogP contribution in [0.4, 0.5) is 4.79 Å². The van der Waals surface area contributed by atoms with E-state index in [1.165, 1.54) is 4.90 Å². The summed E-state index contributed by atoms with van der Waals surface area (Å²) >= 11 is 6.93. The summed E-state index contributed by atoms with van der Waals surface area (Å²) in [6.45, 7) is 1.93. The fourth-order valence-corrected chi connectivity index (χ4v) is 3.09. The number of hydrogen-bond donors (Lipinski definition) is 2. The predicted molar refractivity (Wildman–Crippen MR) is 87.2 cm³/mol. The maximum absolute atomic E-state index is 11.3. The van der Waals surface area contributed by atoms with Crippen LogP contribution in [0.2, 0.25) is 0 Å². The number of methoxy groups -OCH3 is 1. The molecule has 0 fully saturated rings. The monoisotopic (exact) mass is 407 g/mol. The van der Waals surface area contributed by atoms with Gasteiger partial charge in [0, 0.05) is 43.8 Å². The van der Waals surface area contributed by atoms with E-state index in [1.54, 1.807) is 21.2 Å². The molecule has 0 aliphatic carbocycles. The number of rotatable bonds is 6. The number of carbonyl (C=O) groups excluding carboxylic acids is 1. The Morgan fingerprint density at radius 2 is 2.00 bits per heavy atom. The minimum atomic E-state index is -0.0884. The maximum Gasteiger partial charge on any atom is 0.316 e. The highest BCUT2D eigenvalue weighted by Crippen LogP contribution is 2.32. The van der Waals surface area contributed by atoms with Gasteiger partial charge in [-0.3, -0.25) is 0 Å². The van der Waals surface area contributed by atoms with E-state index in [4.69, 9.17) is 4.74 Å². The third kappa shape index (κ3) is 5.30. The lowest BCUT2D eigenvalue weighted by Gasteiger charge is -2.14. The van der Waals surface area contributed by atoms with Gasteiger partial charge in [-0.1, -0.05) is 15.9 Å². The van der Waals surface area contributed by atoms with Gasteiger partial charge in [-0.25, -0.2) is 4.79 Å². The van der Waals surface area contributed by atoms with Gasteiger partial charge in [0.1, 0.15) is 5.75 Å². The van der Waals surface area contributed by atoms with E-state index < -0.39 is 0 Å². The molecule has 7 heteroatoms. The number of ether oxygens (including phenoxy) is 1. The van der Waals surface area contributed by atoms with Crippen LogP contribution < -0.4 is 15.4 Å². The molecule has 0 aliphatic heterocycles. The Morgan fingerprint density at radius 1 is 1.30 bits per heavy atom. The number of carbonyl (C=O) groups is 1. The quantitative estimate of drug-likeness (QED) is 0.711. The van der Waals surface area contributed by atoms with Gasteiger partial charge in [0.25, 0.3) is 0 Å². The van der Waals surface area contributed by atoms with Crippen LogP contribution in [0, 0.1) is 0 Å². The Labute approximate surface area is 136 Å². The molecule has 0 aromatic heterocycles. The Balaban J connectivity index is 2.44. The van der Waals surface area contributed by atoms with Gasteiger partial charge in [-0.15, -0.1) is 0 Å². The first-order valence-corrected chi connectivity index (χ1v) is 7.72. The molecule has 0 atom stereocenters. The van der Waals surface area contributed by atoms with E-state index in [1.807, 2.05) is 12.1 Å². The fourth-order valence-electron chi connectivity index (χ4n) is 1.61. The third-order valence-corrected chi connectivity index (χ3v) is 3.64. The highest BCUT2D eigenvalue weighted by Gasteiger charge is 2.09. The van der Waals surface area contributed by atoms with Crippen LogP contribution in [0.3, 0.4) is 0 Å². The first kappa shape index (κ1) is 17.3. The summed E-state index contributed by atoms with van der Waals surface area (Å²) in [5.74, 6) is 0.818. The van der Waals surface area contributed by atoms with Gasteiger partial charge in [0.15, 0.2) is 0 Å². The van der Waals surface area contributed by atoms with Crippen molar-refractivity contribution in [1.29, 1.82) is 0 Å². The molecule has 0 heterocycles. The number of hydrogen-bond acceptors (Lipinski definition) is 3. The summed E-state index contributed by atoms with van der Waals surface area (Å²) in [6, 6.07) is 3.86. The lowest BCUT2D eigenvalue weighted by Crippen LogP contribution is -2.38. The molecule has 0 saturated heterocycles. The second-order valence-corrected chi connectivity index (χ2v) is 6.15. The molecule has 20 heavy (non-hydrogen) atoms. The van der Waals surface area contributed by atoms with Crippen LogP contribution in [-0.4, -0.2) is 45.2 Å². The maximum atomic E-state index is 11.3. The summed E-state index contributed by atoms with van der Waals surface area (Å²) < 4.78 is 7.27. The molecule has 0 saturated carbocycles. The molecular weight excluding hydrogens is 390 g/mol. The fraction of sp³-hybridized carbons (Fsp3) is 0.462. The van der Waals surface area contributed by atoms with Crippen LogP contribution >= 0.6 is 31.9 Å². The van der Waals surface area contributed by atoms with Crippen molar-refractivity contribution in [2.75, 3.05) is 34.3 Å². The summed E-state index contributed by atoms with van der Waals surface area (Å²) in [4.78, 5) is 12.8. The van der Waals surface area contributed by atoms with Crippen molar-refractivity contribution in [2.45, 2.75) is 6.54 Å². The van der Waals surface area contributed by atoms with Crippen molar-refractivity contribution in [3.8, 4) is 5.75 Å². The number of benzene rings is 1. The van der Waals surface area contributed by atoms with Crippen molar-refractivity contribution < 1.29 is 9.53 Å². The number of amides is 2. The third-order valence-electron chi connectivity index (χ3n) is 2.59. The molecule has 2 amide bonds. The highest BCUT2D eigenvalue weighted by atomic mass is 79.9. The van der Waals surface area contributed by atoms with Gasteiger partial charge in [-0.2, -0.15) is 0 Å². The average molecular weight is 409 g/mol. The van der Waals surface area contributed by atoms with E-state index >= 15 is 0 Å². The van der Waals surface area contributed by atoms with E-state index in [-0.39, 0.29) is 6.03 Å². The van der Waals surface area contributed by atoms with Crippen LogP contribution in [0.25, 0.3) is 0 Å². The van der Waals surface area contributed by atoms with Crippen molar-refractivity contribution in [3.63, 3.8) is 0 Å². The Morgan fingerprint density at radius 3 is 2.60 bits per heavy atom. The smallest absolute Gasteiger partial charge is 0.316 e. The van der Waals surface area contributed by atoms with Crippen molar-refractivity contribution >= 4 is 37.9 Å². The largest absolute Gasteiger partial charge is 0.495 e. The lowest BCUT2D eigenvalue weighted by molar-refractivity contribution is 0.217. The van der Waals surface area contributed by atoms with E-state index in [0.717, 1.165) is 20.3 Å². The molecule has 112 valence electrons. The lowest BCUT2D eigenvalue weighted by atomic mass is 10.2. The molecule has 0 unspecified atom stereocenters. The molecule has 2 N–H and O–H groups in total. The summed E-state index contributed by atoms with van der Waals surface area (Å²) in [6.07, 6.45) is 0. The van der Waals surface area contributed by atoms with Gasteiger partial charge < -0.3 is 20.3 Å². The normalized spacial score (nSPS) is 10.2. The van der Waals surface area contributed by atoms with Crippen LogP contribution in [0.5, 0.6) is 5.75 Å². The number of nitrogens with zero attached hydrogens (tertiary/aromatic N) is 1. The van der Waals surface area contributed by atoms with E-state index in [0.29, 0.717) is 19.6 Å². The summed E-state index contributed by atoms with van der Waals surface area (Å²) in [7, 11) is 5.08. The van der Waals surface area contributed by atoms with Gasteiger partial charge >= 0.3 is 6.03 Å². The standard InChI is InChI=1S/C13H19Br2N3O2/c1-18(2)13(19)17-5-4-16-8-9-6-10(14)7-11(15)12(9)20-3/h6-7,16H,4-5,8H2,1-3H3,(H,17,19). The van der Waals surface area contributed by atoms with Crippen LogP contribution in [0.1, 0.15) is 5.56 Å². The minimum Gasteiger partial charge on any atom is -0.495 e. The van der Waals surface area contributed by atoms with Crippen molar-refractivity contribution in [2.24, 2.45) is 0 Å². The molecule has 0 radical (unpaired) electrons. The zero-order valence-electron chi connectivity index (χ0n) is 11.8. The van der Waals surface area contributed by atoms with Crippen LogP contribution in [-0.2, 0) is 6.54 Å². The zero-order valence-corrected chi connectivity index (χ0v) is 15.0. The minimum absolute atomic E-state index is 0.0884. The predicted octanol–water partition coefficient (Wildman–Crippen LogP) is 2.58. The van der Waals surface area contributed by atoms with E-state index in [9.17, 15) is 4.79 Å². The molecule has 1 rings (SSSR count). The number of nitrogens with one attached hydrogen (secondary N) is 2. The Bertz CT molecular complexity index is 467. The first-order chi connectivity index (χ1) is 9.45. The number of urea groups is 1. The number of halogens is 2. The first-order valence-electron chi connectivity index (χ1n) is 6.13. The Hall–Kier alpha value is -0.790. The molecule has 0 spiro atoms. The molecule has 5 nitrogen and oxygen atoms in total. The Kier molecular flexibility index (Phi) is 7.32. The van der Waals surface area contributed by atoms with Crippen molar-refractivity contribution in [3.05, 3.63) is 26.6 Å². The van der Waals surface area contributed by atoms with Crippen molar-refractivity contribution in [1.82, 2.24) is 15.5 Å². The summed E-state index contributed by atoms with van der Waals surface area (Å²) in [5.41, 5.74) is 1.05. The topological polar surface area (TPSA) is 53.6 Å². The highest BCUT2D eigenvalue weighted by molar-refractivity contribution is 9.11. The molecular formula is C13H19Br2N3O2. The zero-order chi connectivity index (χ0) is 15.1. The van der Waals surface area contributed by atoms with Crippen LogP contribution in [0.15, 0.2) is 21.1 Å². The molecule has 1 aromatic carbocycles.